The van der Waals surface area contributed by atoms with Crippen molar-refractivity contribution in [2.75, 3.05) is 25.7 Å². The number of hydrogen-bond donors (Lipinski definition) is 5. The Kier molecular flexibility index (Phi) is 16.6. The summed E-state index contributed by atoms with van der Waals surface area (Å²) in [5, 5.41) is 7.87. The van der Waals surface area contributed by atoms with Crippen molar-refractivity contribution in [2.24, 2.45) is 5.92 Å². The molecule has 0 radical (unpaired) electrons. The van der Waals surface area contributed by atoms with E-state index in [0.29, 0.717) is 12.1 Å². The molecule has 4 rings (SSSR count). The number of ether oxygens (including phenoxy) is 1. The quantitative estimate of drug-likeness (QED) is 0.0702. The van der Waals surface area contributed by atoms with Gasteiger partial charge in [-0.1, -0.05) is 50.2 Å². The normalized spacial score (nSPS) is 14.7. The van der Waals surface area contributed by atoms with E-state index in [-0.39, 0.29) is 50.7 Å². The number of rotatable bonds is 18. The second-order valence-corrected chi connectivity index (χ2v) is 16.8. The summed E-state index contributed by atoms with van der Waals surface area (Å²) >= 11 is 0. The Labute approximate surface area is 325 Å². The molecule has 2 aromatic carbocycles. The average Bonchev–Trinajstić information content (AvgIpc) is 3.40. The second kappa shape index (κ2) is 21.1. The highest BCUT2D eigenvalue weighted by atomic mass is 31.2. The van der Waals surface area contributed by atoms with E-state index in [1.165, 1.54) is 30.5 Å². The van der Waals surface area contributed by atoms with Crippen molar-refractivity contribution in [3.63, 3.8) is 0 Å². The maximum absolute atomic E-state index is 13.9. The molecule has 4 amide bonds. The molecule has 18 nitrogen and oxygen atoms in total. The molecular formula is C35H46BN6O12P2+. The number of carbonyl (C=O) groups excluding carboxylic acids is 4. The molecule has 1 aromatic heterocycles. The van der Waals surface area contributed by atoms with Crippen LogP contribution in [0, 0.1) is 5.92 Å². The molecule has 2 unspecified atom stereocenters. The maximum atomic E-state index is 13.9. The summed E-state index contributed by atoms with van der Waals surface area (Å²) in [5.74, 6) is -2.23. The van der Waals surface area contributed by atoms with Crippen LogP contribution in [0.5, 0.6) is 0 Å². The molecule has 3 aromatic rings. The predicted octanol–water partition coefficient (Wildman–Crippen LogP) is 3.44. The van der Waals surface area contributed by atoms with Gasteiger partial charge in [-0.3, -0.25) is 34.1 Å². The van der Waals surface area contributed by atoms with Crippen molar-refractivity contribution in [2.45, 2.75) is 70.3 Å². The van der Waals surface area contributed by atoms with Crippen molar-refractivity contribution in [1.29, 1.82) is 0 Å². The summed E-state index contributed by atoms with van der Waals surface area (Å²) in [6.07, 6.45) is 3.93. The lowest BCUT2D eigenvalue weighted by Gasteiger charge is -2.27. The number of carbonyl (C=O) groups is 4. The summed E-state index contributed by atoms with van der Waals surface area (Å²) in [6, 6.07) is 13.6. The van der Waals surface area contributed by atoms with Gasteiger partial charge in [-0.05, 0) is 52.1 Å². The van der Waals surface area contributed by atoms with E-state index in [9.17, 15) is 38.1 Å². The highest BCUT2D eigenvalue weighted by molar-refractivity contribution is 7.65. The van der Waals surface area contributed by atoms with E-state index in [2.05, 4.69) is 25.1 Å². The van der Waals surface area contributed by atoms with Crippen molar-refractivity contribution < 1.29 is 56.7 Å². The Balaban J connectivity index is 1.36. The average molecular weight is 816 g/mol. The Morgan fingerprint density at radius 3 is 2.38 bits per heavy atom. The van der Waals surface area contributed by atoms with Gasteiger partial charge in [-0.25, -0.2) is 9.78 Å². The van der Waals surface area contributed by atoms with E-state index in [4.69, 9.17) is 14.0 Å². The summed E-state index contributed by atoms with van der Waals surface area (Å²) < 4.78 is 45.5. The van der Waals surface area contributed by atoms with Gasteiger partial charge >= 0.3 is 34.4 Å². The fourth-order valence-corrected chi connectivity index (χ4v) is 7.65. The first-order valence-electron chi connectivity index (χ1n) is 17.7. The first kappa shape index (κ1) is 44.1. The van der Waals surface area contributed by atoms with Gasteiger partial charge in [0.1, 0.15) is 11.7 Å². The van der Waals surface area contributed by atoms with Crippen LogP contribution in [0.15, 0.2) is 67.1 Å². The zero-order chi connectivity index (χ0) is 40.8. The van der Waals surface area contributed by atoms with Crippen LogP contribution in [0.3, 0.4) is 0 Å². The first-order valence-corrected chi connectivity index (χ1v) is 20.6. The molecule has 1 aliphatic rings. The van der Waals surface area contributed by atoms with Gasteiger partial charge in [-0.2, -0.15) is 0 Å². The molecule has 5 N–H and O–H groups in total. The predicted molar refractivity (Wildman–Crippen MR) is 204 cm³/mol. The highest BCUT2D eigenvalue weighted by Crippen LogP contribution is 2.51. The number of nitrogens with one attached hydrogen (secondary N) is 3. The van der Waals surface area contributed by atoms with Crippen molar-refractivity contribution in [3.05, 3.63) is 89.5 Å². The number of anilines is 1. The first-order chi connectivity index (χ1) is 26.7. The van der Waals surface area contributed by atoms with Crippen LogP contribution in [0.4, 0.5) is 10.5 Å². The summed E-state index contributed by atoms with van der Waals surface area (Å²) in [6.45, 7) is 4.08. The molecule has 4 atom stereocenters. The summed E-state index contributed by atoms with van der Waals surface area (Å²) in [7, 11) is -6.15. The number of aromatic nitrogens is 2. The lowest BCUT2D eigenvalue weighted by Crippen LogP contribution is -2.56. The number of fused-ring (bicyclic) bond motifs is 1. The zero-order valence-electron chi connectivity index (χ0n) is 31.4. The molecule has 56 heavy (non-hydrogen) atoms. The molecule has 0 spiro atoms. The summed E-state index contributed by atoms with van der Waals surface area (Å²) in [4.78, 5) is 80.0. The molecule has 0 bridgehead atoms. The standard InChI is InChI=1S/C35H45BN6O12P2/c1-23(2)17-30(40-32(44)28(18-24-9-6-5-7-10-24)39-33(45)29-20-37-14-15-38-29)36-53-21-25-12-13-27(19-26(25)22-54-36)42(3)35(46)52-16-8-11-31(43)41-34(55(47)51-4)56(48,49)50/h5-7,9-10,12-15,19-20,23,28,30,34H,8,11,16-18,21-22H2,1-4H3,(H4-,39,40,41,43,44,45,48,49,50)/p+1/t28-,30-,34?/m0/s1. The van der Waals surface area contributed by atoms with Crippen LogP contribution in [-0.4, -0.2) is 89.0 Å². The fourth-order valence-electron chi connectivity index (χ4n) is 5.63. The highest BCUT2D eigenvalue weighted by Gasteiger charge is 2.48. The van der Waals surface area contributed by atoms with E-state index in [1.807, 2.05) is 49.5 Å². The second-order valence-electron chi connectivity index (χ2n) is 13.3. The number of amides is 4. The van der Waals surface area contributed by atoms with Crippen molar-refractivity contribution in [3.8, 4) is 0 Å². The Morgan fingerprint density at radius 2 is 1.73 bits per heavy atom. The van der Waals surface area contributed by atoms with Gasteiger partial charge in [-0.15, -0.1) is 4.52 Å². The molecule has 2 heterocycles. The van der Waals surface area contributed by atoms with Gasteiger partial charge < -0.3 is 34.5 Å². The van der Waals surface area contributed by atoms with Crippen LogP contribution in [0.25, 0.3) is 0 Å². The van der Waals surface area contributed by atoms with Gasteiger partial charge in [0, 0.05) is 38.0 Å². The van der Waals surface area contributed by atoms with Crippen LogP contribution in [0.1, 0.15) is 60.3 Å². The largest absolute Gasteiger partial charge is 0.546 e. The molecule has 0 fully saturated rings. The molecule has 0 saturated carbocycles. The minimum absolute atomic E-state index is 0.0228. The van der Waals surface area contributed by atoms with E-state index >= 15 is 0 Å². The third kappa shape index (κ3) is 13.3. The van der Waals surface area contributed by atoms with E-state index in [0.717, 1.165) is 23.8 Å². The zero-order valence-corrected chi connectivity index (χ0v) is 33.2. The molecule has 0 aliphatic carbocycles. The minimum atomic E-state index is -4.95. The number of hydrogen-bond acceptors (Lipinski definition) is 12. The van der Waals surface area contributed by atoms with Crippen molar-refractivity contribution in [1.82, 2.24) is 25.9 Å². The fraction of sp³-hybridized carbons (Fsp3) is 0.429. The smallest absolute Gasteiger partial charge is 0.449 e. The third-order valence-corrected chi connectivity index (χ3v) is 11.6. The number of benzene rings is 2. The van der Waals surface area contributed by atoms with Crippen LogP contribution < -0.4 is 20.9 Å². The molecule has 0 saturated heterocycles. The van der Waals surface area contributed by atoms with Crippen LogP contribution >= 0.6 is 15.6 Å². The SMILES string of the molecule is CO[P+](=O)C(NC(=O)CCCOC(=O)N(C)c1ccc2c(c1)COB([C@H](CC(C)C)NC(=O)[C@H](Cc1ccccc1)NC(=O)c1cnccn1)OC2)P(=O)(O)O. The van der Waals surface area contributed by atoms with Gasteiger partial charge in [0.25, 0.3) is 5.91 Å². The van der Waals surface area contributed by atoms with Gasteiger partial charge in [0.15, 0.2) is 0 Å². The molecule has 21 heteroatoms. The monoisotopic (exact) mass is 815 g/mol. The third-order valence-electron chi connectivity index (χ3n) is 8.50. The van der Waals surface area contributed by atoms with Gasteiger partial charge in [0.2, 0.25) is 11.8 Å². The van der Waals surface area contributed by atoms with Crippen LogP contribution in [-0.2, 0) is 56.9 Å². The molecule has 1 aliphatic heterocycles. The Bertz CT molecular complexity index is 1870. The topological polar surface area (TPSA) is 245 Å². The molecular weight excluding hydrogens is 769 g/mol. The van der Waals surface area contributed by atoms with Crippen molar-refractivity contribution >= 4 is 52.2 Å². The number of nitrogens with zero attached hydrogens (tertiary/aromatic N) is 3. The Morgan fingerprint density at radius 1 is 1.02 bits per heavy atom. The van der Waals surface area contributed by atoms with E-state index < -0.39 is 64.1 Å². The van der Waals surface area contributed by atoms with Crippen LogP contribution in [0.2, 0.25) is 0 Å². The molecule has 300 valence electrons. The lowest BCUT2D eigenvalue weighted by atomic mass is 9.73. The minimum Gasteiger partial charge on any atom is -0.449 e. The summed E-state index contributed by atoms with van der Waals surface area (Å²) in [5.41, 5.74) is 0.951. The van der Waals surface area contributed by atoms with Gasteiger partial charge in [0.05, 0.1) is 39.1 Å². The Hall–Kier alpha value is -4.61. The lowest BCUT2D eigenvalue weighted by molar-refractivity contribution is -0.123. The van der Waals surface area contributed by atoms with E-state index in [1.54, 1.807) is 18.2 Å². The maximum Gasteiger partial charge on any atom is 0.546 e.